The summed E-state index contributed by atoms with van der Waals surface area (Å²) in [7, 11) is 0. The second kappa shape index (κ2) is 3.93. The van der Waals surface area contributed by atoms with Crippen LogP contribution in [0.15, 0.2) is 36.5 Å². The second-order valence-electron chi connectivity index (χ2n) is 3.14. The summed E-state index contributed by atoms with van der Waals surface area (Å²) in [5.74, 6) is 0. The van der Waals surface area contributed by atoms with Gasteiger partial charge in [0.15, 0.2) is 0 Å². The average Bonchev–Trinajstić information content (AvgIpc) is 2.30. The molecule has 0 fully saturated rings. The molecule has 0 saturated heterocycles. The number of anilines is 1. The van der Waals surface area contributed by atoms with Crippen LogP contribution in [0.5, 0.6) is 0 Å². The lowest BCUT2D eigenvalue weighted by atomic mass is 10.1. The van der Waals surface area contributed by atoms with Crippen molar-refractivity contribution >= 4 is 11.4 Å². The summed E-state index contributed by atoms with van der Waals surface area (Å²) in [6.07, 6.45) is 1.51. The minimum absolute atomic E-state index is 0.0690. The Balaban J connectivity index is 2.61. The fraction of sp³-hybridized carbons (Fsp3) is 0. The van der Waals surface area contributed by atoms with E-state index in [9.17, 15) is 10.1 Å². The van der Waals surface area contributed by atoms with Crippen LogP contribution in [-0.2, 0) is 0 Å². The van der Waals surface area contributed by atoms with Gasteiger partial charge >= 0.3 is 0 Å². The van der Waals surface area contributed by atoms with Crippen LogP contribution in [0.3, 0.4) is 0 Å². The van der Waals surface area contributed by atoms with Gasteiger partial charge in [0.25, 0.3) is 5.69 Å². The fourth-order valence-corrected chi connectivity index (χ4v) is 1.36. The van der Waals surface area contributed by atoms with Crippen LogP contribution in [0.1, 0.15) is 0 Å². The van der Waals surface area contributed by atoms with Crippen molar-refractivity contribution in [2.24, 2.45) is 0 Å². The van der Waals surface area contributed by atoms with Crippen LogP contribution in [0.25, 0.3) is 11.3 Å². The normalized spacial score (nSPS) is 10.0. The number of benzene rings is 1. The van der Waals surface area contributed by atoms with Gasteiger partial charge in [0, 0.05) is 18.0 Å². The standard InChI is InChI=1S/C10H8N4O2/c11-7-3-4-8(10(6-7)14(15)16)9-2-1-5-12-13-9/h1-6H,11H2. The monoisotopic (exact) mass is 216 g/mol. The number of nitrogen functional groups attached to an aromatic ring is 1. The lowest BCUT2D eigenvalue weighted by molar-refractivity contribution is -0.384. The SMILES string of the molecule is Nc1ccc(-c2cccnn2)c([N+](=O)[O-])c1. The molecule has 0 aliphatic carbocycles. The predicted octanol–water partition coefficient (Wildman–Crippen LogP) is 1.63. The van der Waals surface area contributed by atoms with Crippen molar-refractivity contribution in [3.8, 4) is 11.3 Å². The van der Waals surface area contributed by atoms with Crippen LogP contribution in [0.4, 0.5) is 11.4 Å². The molecule has 80 valence electrons. The van der Waals surface area contributed by atoms with Gasteiger partial charge in [-0.15, -0.1) is 0 Å². The highest BCUT2D eigenvalue weighted by Gasteiger charge is 2.16. The minimum Gasteiger partial charge on any atom is -0.399 e. The fourth-order valence-electron chi connectivity index (χ4n) is 1.36. The first-order valence-electron chi connectivity index (χ1n) is 4.50. The van der Waals surface area contributed by atoms with Gasteiger partial charge in [-0.25, -0.2) is 0 Å². The van der Waals surface area contributed by atoms with Crippen LogP contribution in [0.2, 0.25) is 0 Å². The first-order valence-corrected chi connectivity index (χ1v) is 4.50. The van der Waals surface area contributed by atoms with E-state index in [4.69, 9.17) is 5.73 Å². The molecule has 16 heavy (non-hydrogen) atoms. The molecule has 1 heterocycles. The molecular formula is C10H8N4O2. The Morgan fingerprint density at radius 3 is 2.75 bits per heavy atom. The van der Waals surface area contributed by atoms with E-state index in [2.05, 4.69) is 10.2 Å². The molecule has 1 aromatic carbocycles. The maximum Gasteiger partial charge on any atom is 0.280 e. The van der Waals surface area contributed by atoms with E-state index in [1.165, 1.54) is 12.3 Å². The van der Waals surface area contributed by atoms with E-state index >= 15 is 0 Å². The van der Waals surface area contributed by atoms with E-state index in [0.717, 1.165) is 0 Å². The number of nitro benzene ring substituents is 1. The lowest BCUT2D eigenvalue weighted by Gasteiger charge is -2.02. The van der Waals surface area contributed by atoms with Gasteiger partial charge in [-0.2, -0.15) is 10.2 Å². The maximum atomic E-state index is 10.8. The summed E-state index contributed by atoms with van der Waals surface area (Å²) in [4.78, 5) is 10.4. The summed E-state index contributed by atoms with van der Waals surface area (Å²) in [5.41, 5.74) is 6.64. The minimum atomic E-state index is -0.486. The summed E-state index contributed by atoms with van der Waals surface area (Å²) < 4.78 is 0. The molecule has 0 atom stereocenters. The largest absolute Gasteiger partial charge is 0.399 e. The number of hydrogen-bond donors (Lipinski definition) is 1. The highest BCUT2D eigenvalue weighted by molar-refractivity contribution is 5.73. The first-order chi connectivity index (χ1) is 7.68. The van der Waals surface area contributed by atoms with Crippen molar-refractivity contribution in [3.63, 3.8) is 0 Å². The quantitative estimate of drug-likeness (QED) is 0.467. The molecule has 0 radical (unpaired) electrons. The molecule has 0 bridgehead atoms. The number of nitrogens with two attached hydrogens (primary N) is 1. The Bertz CT molecular complexity index is 528. The third-order valence-electron chi connectivity index (χ3n) is 2.07. The smallest absolute Gasteiger partial charge is 0.280 e. The molecule has 0 aliphatic heterocycles. The van der Waals surface area contributed by atoms with E-state index in [1.54, 1.807) is 24.3 Å². The van der Waals surface area contributed by atoms with Gasteiger partial charge < -0.3 is 5.73 Å². The predicted molar refractivity (Wildman–Crippen MR) is 58.5 cm³/mol. The van der Waals surface area contributed by atoms with Gasteiger partial charge in [0.2, 0.25) is 0 Å². The Hall–Kier alpha value is -2.50. The van der Waals surface area contributed by atoms with Gasteiger partial charge in [-0.3, -0.25) is 10.1 Å². The number of aromatic nitrogens is 2. The lowest BCUT2D eigenvalue weighted by Crippen LogP contribution is -1.96. The average molecular weight is 216 g/mol. The van der Waals surface area contributed by atoms with Gasteiger partial charge in [-0.1, -0.05) is 0 Å². The highest BCUT2D eigenvalue weighted by Crippen LogP contribution is 2.29. The van der Waals surface area contributed by atoms with Crippen LogP contribution >= 0.6 is 0 Å². The van der Waals surface area contributed by atoms with Crippen molar-refractivity contribution < 1.29 is 4.92 Å². The number of hydrogen-bond acceptors (Lipinski definition) is 5. The Kier molecular flexibility index (Phi) is 2.47. The van der Waals surface area contributed by atoms with Crippen LogP contribution in [-0.4, -0.2) is 15.1 Å². The molecule has 2 aromatic rings. The molecular weight excluding hydrogens is 208 g/mol. The Morgan fingerprint density at radius 1 is 1.31 bits per heavy atom. The van der Waals surface area contributed by atoms with Crippen molar-refractivity contribution in [2.45, 2.75) is 0 Å². The van der Waals surface area contributed by atoms with Gasteiger partial charge in [0.1, 0.15) is 0 Å². The molecule has 6 heteroatoms. The number of nitro groups is 1. The molecule has 0 amide bonds. The number of rotatable bonds is 2. The zero-order valence-electron chi connectivity index (χ0n) is 8.20. The van der Waals surface area contributed by atoms with Crippen LogP contribution < -0.4 is 5.73 Å². The van der Waals surface area contributed by atoms with Crippen molar-refractivity contribution in [2.75, 3.05) is 5.73 Å². The molecule has 2 rings (SSSR count). The molecule has 0 aliphatic rings. The van der Waals surface area contributed by atoms with Crippen LogP contribution in [0, 0.1) is 10.1 Å². The first kappa shape index (κ1) is 10.0. The third-order valence-corrected chi connectivity index (χ3v) is 2.07. The highest BCUT2D eigenvalue weighted by atomic mass is 16.6. The maximum absolute atomic E-state index is 10.8. The molecule has 1 aromatic heterocycles. The van der Waals surface area contributed by atoms with E-state index in [1.807, 2.05) is 0 Å². The molecule has 6 nitrogen and oxygen atoms in total. The molecule has 0 unspecified atom stereocenters. The topological polar surface area (TPSA) is 94.9 Å². The van der Waals surface area contributed by atoms with E-state index < -0.39 is 4.92 Å². The zero-order chi connectivity index (χ0) is 11.5. The second-order valence-corrected chi connectivity index (χ2v) is 3.14. The van der Waals surface area contributed by atoms with Gasteiger partial charge in [-0.05, 0) is 24.3 Å². The molecule has 0 spiro atoms. The molecule has 2 N–H and O–H groups in total. The third kappa shape index (κ3) is 1.81. The summed E-state index contributed by atoms with van der Waals surface area (Å²) >= 11 is 0. The molecule has 0 saturated carbocycles. The van der Waals surface area contributed by atoms with E-state index in [-0.39, 0.29) is 5.69 Å². The van der Waals surface area contributed by atoms with Crippen molar-refractivity contribution in [1.82, 2.24) is 10.2 Å². The Morgan fingerprint density at radius 2 is 2.12 bits per heavy atom. The van der Waals surface area contributed by atoms with Crippen molar-refractivity contribution in [3.05, 3.63) is 46.6 Å². The summed E-state index contributed by atoms with van der Waals surface area (Å²) in [6, 6.07) is 7.80. The summed E-state index contributed by atoms with van der Waals surface area (Å²) in [5, 5.41) is 18.4. The van der Waals surface area contributed by atoms with Crippen molar-refractivity contribution in [1.29, 1.82) is 0 Å². The Labute approximate surface area is 90.9 Å². The summed E-state index contributed by atoms with van der Waals surface area (Å²) in [6.45, 7) is 0. The zero-order valence-corrected chi connectivity index (χ0v) is 8.20. The van der Waals surface area contributed by atoms with Gasteiger partial charge in [0.05, 0.1) is 16.2 Å². The number of nitrogens with zero attached hydrogens (tertiary/aromatic N) is 3. The van der Waals surface area contributed by atoms with E-state index in [0.29, 0.717) is 16.9 Å².